The van der Waals surface area contributed by atoms with Crippen LogP contribution in [0.4, 0.5) is 0 Å². The fraction of sp³-hybridized carbons (Fsp3) is 0.350. The van der Waals surface area contributed by atoms with Gasteiger partial charge in [-0.1, -0.05) is 18.2 Å². The van der Waals surface area contributed by atoms with Crippen molar-refractivity contribution in [3.05, 3.63) is 53.6 Å². The van der Waals surface area contributed by atoms with Gasteiger partial charge >= 0.3 is 0 Å². The Morgan fingerprint density at radius 3 is 2.56 bits per heavy atom. The van der Waals surface area contributed by atoms with Crippen LogP contribution < -0.4 is 19.5 Å². The lowest BCUT2D eigenvalue weighted by molar-refractivity contribution is -0.121. The van der Waals surface area contributed by atoms with Gasteiger partial charge in [0.15, 0.2) is 11.5 Å². The highest BCUT2D eigenvalue weighted by atomic mass is 16.6. The molecule has 0 radical (unpaired) electrons. The van der Waals surface area contributed by atoms with Crippen molar-refractivity contribution < 1.29 is 19.0 Å². The van der Waals surface area contributed by atoms with Crippen LogP contribution in [0.1, 0.15) is 30.5 Å². The highest BCUT2D eigenvalue weighted by Crippen LogP contribution is 2.31. The number of amides is 1. The molecule has 0 bridgehead atoms. The second kappa shape index (κ2) is 7.92. The Labute approximate surface area is 147 Å². The molecule has 1 amide bonds. The van der Waals surface area contributed by atoms with Crippen LogP contribution in [-0.4, -0.2) is 26.2 Å². The quantitative estimate of drug-likeness (QED) is 0.876. The van der Waals surface area contributed by atoms with Crippen molar-refractivity contribution in [3.8, 4) is 17.2 Å². The average molecular weight is 341 g/mol. The van der Waals surface area contributed by atoms with Gasteiger partial charge in [-0.15, -0.1) is 0 Å². The molecular formula is C20H23NO4. The number of hydrogen-bond donors (Lipinski definition) is 1. The van der Waals surface area contributed by atoms with Crippen LogP contribution in [0.15, 0.2) is 42.5 Å². The predicted molar refractivity (Wildman–Crippen MR) is 95.3 cm³/mol. The van der Waals surface area contributed by atoms with E-state index in [1.807, 2.05) is 49.4 Å². The van der Waals surface area contributed by atoms with E-state index in [0.717, 1.165) is 28.4 Å². The smallest absolute Gasteiger partial charge is 0.220 e. The number of rotatable bonds is 6. The van der Waals surface area contributed by atoms with E-state index in [1.165, 1.54) is 0 Å². The molecule has 3 rings (SSSR count). The number of aryl methyl sites for hydroxylation is 1. The summed E-state index contributed by atoms with van der Waals surface area (Å²) in [6.45, 7) is 3.12. The van der Waals surface area contributed by atoms with Gasteiger partial charge in [0.2, 0.25) is 5.91 Å². The summed E-state index contributed by atoms with van der Waals surface area (Å²) >= 11 is 0. The van der Waals surface area contributed by atoms with Gasteiger partial charge in [-0.3, -0.25) is 4.79 Å². The van der Waals surface area contributed by atoms with Crippen molar-refractivity contribution in [1.29, 1.82) is 0 Å². The molecule has 25 heavy (non-hydrogen) atoms. The van der Waals surface area contributed by atoms with Gasteiger partial charge in [-0.05, 0) is 48.7 Å². The number of benzene rings is 2. The zero-order valence-electron chi connectivity index (χ0n) is 14.6. The Hall–Kier alpha value is -2.69. The first kappa shape index (κ1) is 17.1. The maximum absolute atomic E-state index is 12.2. The van der Waals surface area contributed by atoms with Gasteiger partial charge in [0.05, 0.1) is 13.2 Å². The molecule has 5 nitrogen and oxygen atoms in total. The Kier molecular flexibility index (Phi) is 5.43. The van der Waals surface area contributed by atoms with Gasteiger partial charge in [-0.2, -0.15) is 0 Å². The zero-order chi connectivity index (χ0) is 17.6. The van der Waals surface area contributed by atoms with E-state index in [4.69, 9.17) is 14.2 Å². The van der Waals surface area contributed by atoms with E-state index in [1.54, 1.807) is 7.11 Å². The average Bonchev–Trinajstić information content (AvgIpc) is 2.66. The molecule has 1 heterocycles. The second-order valence-corrected chi connectivity index (χ2v) is 6.04. The molecule has 1 N–H and O–H groups in total. The monoisotopic (exact) mass is 341 g/mol. The lowest BCUT2D eigenvalue weighted by Gasteiger charge is -2.19. The molecule has 0 spiro atoms. The first-order valence-corrected chi connectivity index (χ1v) is 8.47. The summed E-state index contributed by atoms with van der Waals surface area (Å²) in [7, 11) is 1.64. The first-order chi connectivity index (χ1) is 12.2. The standard InChI is InChI=1S/C20H23NO4/c1-14(16-5-7-17(23-2)8-6-16)21-20(22)10-4-15-3-9-18-19(13-15)25-12-11-24-18/h3,5-9,13-14H,4,10-12H2,1-2H3,(H,21,22)/t14-/m0/s1. The van der Waals surface area contributed by atoms with Gasteiger partial charge in [0, 0.05) is 6.42 Å². The first-order valence-electron chi connectivity index (χ1n) is 8.47. The normalized spacial score (nSPS) is 13.8. The van der Waals surface area contributed by atoms with E-state index in [-0.39, 0.29) is 11.9 Å². The molecule has 2 aromatic rings. The molecule has 0 unspecified atom stereocenters. The molecule has 132 valence electrons. The summed E-state index contributed by atoms with van der Waals surface area (Å²) in [5.41, 5.74) is 2.12. The van der Waals surface area contributed by atoms with Crippen molar-refractivity contribution in [2.24, 2.45) is 0 Å². The zero-order valence-corrected chi connectivity index (χ0v) is 14.6. The van der Waals surface area contributed by atoms with E-state index >= 15 is 0 Å². The number of methoxy groups -OCH3 is 1. The molecule has 0 fully saturated rings. The third-order valence-corrected chi connectivity index (χ3v) is 4.24. The third-order valence-electron chi connectivity index (χ3n) is 4.24. The topological polar surface area (TPSA) is 56.8 Å². The van der Waals surface area contributed by atoms with Crippen molar-refractivity contribution in [2.75, 3.05) is 20.3 Å². The number of carbonyl (C=O) groups excluding carboxylic acids is 1. The molecule has 1 aliphatic heterocycles. The Bertz CT molecular complexity index is 727. The molecule has 0 saturated carbocycles. The van der Waals surface area contributed by atoms with Crippen molar-refractivity contribution in [3.63, 3.8) is 0 Å². The van der Waals surface area contributed by atoms with Crippen LogP contribution in [-0.2, 0) is 11.2 Å². The van der Waals surface area contributed by atoms with E-state index in [2.05, 4.69) is 5.32 Å². The Morgan fingerprint density at radius 1 is 1.12 bits per heavy atom. The predicted octanol–water partition coefficient (Wildman–Crippen LogP) is 3.28. The van der Waals surface area contributed by atoms with E-state index in [9.17, 15) is 4.79 Å². The highest BCUT2D eigenvalue weighted by molar-refractivity contribution is 5.76. The summed E-state index contributed by atoms with van der Waals surface area (Å²) < 4.78 is 16.2. The lowest BCUT2D eigenvalue weighted by atomic mass is 10.1. The minimum atomic E-state index is -0.0429. The minimum absolute atomic E-state index is 0.0261. The van der Waals surface area contributed by atoms with Gasteiger partial charge < -0.3 is 19.5 Å². The van der Waals surface area contributed by atoms with Crippen LogP contribution in [0.5, 0.6) is 17.2 Å². The summed E-state index contributed by atoms with van der Waals surface area (Å²) in [5, 5.41) is 3.03. The minimum Gasteiger partial charge on any atom is -0.497 e. The largest absolute Gasteiger partial charge is 0.497 e. The van der Waals surface area contributed by atoms with Crippen LogP contribution in [0.3, 0.4) is 0 Å². The van der Waals surface area contributed by atoms with Crippen molar-refractivity contribution in [2.45, 2.75) is 25.8 Å². The number of carbonyl (C=O) groups is 1. The maximum atomic E-state index is 12.2. The Morgan fingerprint density at radius 2 is 1.84 bits per heavy atom. The van der Waals surface area contributed by atoms with Crippen LogP contribution >= 0.6 is 0 Å². The summed E-state index contributed by atoms with van der Waals surface area (Å²) in [4.78, 5) is 12.2. The second-order valence-electron chi connectivity index (χ2n) is 6.04. The maximum Gasteiger partial charge on any atom is 0.220 e. The fourth-order valence-electron chi connectivity index (χ4n) is 2.79. The van der Waals surface area contributed by atoms with Crippen LogP contribution in [0.25, 0.3) is 0 Å². The third kappa shape index (κ3) is 4.44. The number of ether oxygens (including phenoxy) is 3. The number of nitrogens with one attached hydrogen (secondary N) is 1. The van der Waals surface area contributed by atoms with Crippen molar-refractivity contribution in [1.82, 2.24) is 5.32 Å². The van der Waals surface area contributed by atoms with Gasteiger partial charge in [0.1, 0.15) is 19.0 Å². The fourth-order valence-corrected chi connectivity index (χ4v) is 2.79. The summed E-state index contributed by atoms with van der Waals surface area (Å²) in [6, 6.07) is 13.5. The van der Waals surface area contributed by atoms with Crippen molar-refractivity contribution >= 4 is 5.91 Å². The van der Waals surface area contributed by atoms with E-state index < -0.39 is 0 Å². The van der Waals surface area contributed by atoms with Gasteiger partial charge in [-0.25, -0.2) is 0 Å². The molecular weight excluding hydrogens is 318 g/mol. The molecule has 2 aromatic carbocycles. The van der Waals surface area contributed by atoms with E-state index in [0.29, 0.717) is 26.1 Å². The number of hydrogen-bond acceptors (Lipinski definition) is 4. The number of fused-ring (bicyclic) bond motifs is 1. The van der Waals surface area contributed by atoms with Crippen LogP contribution in [0.2, 0.25) is 0 Å². The molecule has 0 aliphatic carbocycles. The SMILES string of the molecule is COc1ccc([C@H](C)NC(=O)CCc2ccc3c(c2)OCCO3)cc1. The summed E-state index contributed by atoms with van der Waals surface area (Å²) in [6.07, 6.45) is 1.10. The summed E-state index contributed by atoms with van der Waals surface area (Å²) in [5.74, 6) is 2.36. The molecule has 5 heteroatoms. The molecule has 0 aromatic heterocycles. The van der Waals surface area contributed by atoms with Gasteiger partial charge in [0.25, 0.3) is 0 Å². The molecule has 0 saturated heterocycles. The lowest BCUT2D eigenvalue weighted by Crippen LogP contribution is -2.26. The molecule has 1 atom stereocenters. The molecule has 1 aliphatic rings. The van der Waals surface area contributed by atoms with Crippen LogP contribution in [0, 0.1) is 0 Å². The Balaban J connectivity index is 1.52. The highest BCUT2D eigenvalue weighted by Gasteiger charge is 2.13.